The van der Waals surface area contributed by atoms with E-state index in [1.54, 1.807) is 0 Å². The molecule has 3 aromatic carbocycles. The standard InChI is InChI=1S/C27H26N2O3S/c1-4-32-23-16-10-20(11-17-23)24-25(33-18-19-8-6-5-7-9-19)27(31)29(26(24)30)22-14-12-21(13-15-22)28(2)3/h5-17H,4,18H2,1-3H3. The Morgan fingerprint density at radius 3 is 2.12 bits per heavy atom. The van der Waals surface area contributed by atoms with E-state index in [9.17, 15) is 9.59 Å². The molecule has 3 aromatic rings. The number of carbonyl (C=O) groups is 2. The summed E-state index contributed by atoms with van der Waals surface area (Å²) in [7, 11) is 3.90. The zero-order chi connectivity index (χ0) is 23.4. The van der Waals surface area contributed by atoms with E-state index in [0.717, 1.165) is 17.0 Å². The van der Waals surface area contributed by atoms with Crippen molar-refractivity contribution < 1.29 is 14.3 Å². The van der Waals surface area contributed by atoms with Crippen LogP contribution in [0.3, 0.4) is 0 Å². The van der Waals surface area contributed by atoms with E-state index in [-0.39, 0.29) is 11.8 Å². The van der Waals surface area contributed by atoms with Crippen LogP contribution in [0.2, 0.25) is 0 Å². The SMILES string of the molecule is CCOc1ccc(C2=C(SCc3ccccc3)C(=O)N(c3ccc(N(C)C)cc3)C2=O)cc1. The monoisotopic (exact) mass is 458 g/mol. The van der Waals surface area contributed by atoms with Gasteiger partial charge in [-0.3, -0.25) is 9.59 Å². The number of carbonyl (C=O) groups excluding carboxylic acids is 2. The van der Waals surface area contributed by atoms with Gasteiger partial charge in [0.1, 0.15) is 5.75 Å². The topological polar surface area (TPSA) is 49.9 Å². The Morgan fingerprint density at radius 2 is 1.52 bits per heavy atom. The van der Waals surface area contributed by atoms with Crippen LogP contribution in [-0.4, -0.2) is 32.5 Å². The fourth-order valence-electron chi connectivity index (χ4n) is 3.65. The molecule has 6 heteroatoms. The number of benzene rings is 3. The normalized spacial score (nSPS) is 13.6. The number of nitrogens with zero attached hydrogens (tertiary/aromatic N) is 2. The summed E-state index contributed by atoms with van der Waals surface area (Å²) in [5.74, 6) is 0.733. The highest BCUT2D eigenvalue weighted by Crippen LogP contribution is 2.40. The number of thioether (sulfide) groups is 1. The lowest BCUT2D eigenvalue weighted by Gasteiger charge is -2.18. The Balaban J connectivity index is 1.70. The van der Waals surface area contributed by atoms with Crippen molar-refractivity contribution >= 4 is 40.5 Å². The van der Waals surface area contributed by atoms with E-state index in [1.807, 2.05) is 105 Å². The zero-order valence-electron chi connectivity index (χ0n) is 18.9. The predicted molar refractivity (Wildman–Crippen MR) is 136 cm³/mol. The van der Waals surface area contributed by atoms with Crippen molar-refractivity contribution in [2.24, 2.45) is 0 Å². The van der Waals surface area contributed by atoms with Crippen LogP contribution in [0.5, 0.6) is 5.75 Å². The molecule has 168 valence electrons. The smallest absolute Gasteiger partial charge is 0.272 e. The molecule has 0 saturated carbocycles. The van der Waals surface area contributed by atoms with Crippen LogP contribution in [0.1, 0.15) is 18.1 Å². The quantitative estimate of drug-likeness (QED) is 0.425. The molecule has 1 heterocycles. The van der Waals surface area contributed by atoms with Crippen LogP contribution in [0.4, 0.5) is 11.4 Å². The van der Waals surface area contributed by atoms with Gasteiger partial charge in [0.2, 0.25) is 0 Å². The van der Waals surface area contributed by atoms with Crippen molar-refractivity contribution in [2.75, 3.05) is 30.5 Å². The molecule has 0 radical (unpaired) electrons. The van der Waals surface area contributed by atoms with Crippen LogP contribution >= 0.6 is 11.8 Å². The van der Waals surface area contributed by atoms with Crippen molar-refractivity contribution in [2.45, 2.75) is 12.7 Å². The second kappa shape index (κ2) is 9.96. The number of hydrogen-bond acceptors (Lipinski definition) is 5. The van der Waals surface area contributed by atoms with E-state index in [2.05, 4.69) is 0 Å². The number of imide groups is 1. The molecule has 0 fully saturated rings. The molecule has 0 unspecified atom stereocenters. The van der Waals surface area contributed by atoms with Crippen molar-refractivity contribution in [3.05, 3.63) is 94.9 Å². The van der Waals surface area contributed by atoms with Gasteiger partial charge < -0.3 is 9.64 Å². The minimum atomic E-state index is -0.308. The summed E-state index contributed by atoms with van der Waals surface area (Å²) < 4.78 is 5.54. The van der Waals surface area contributed by atoms with Crippen LogP contribution in [-0.2, 0) is 15.3 Å². The van der Waals surface area contributed by atoms with E-state index in [4.69, 9.17) is 4.74 Å². The molecule has 0 bridgehead atoms. The molecule has 0 aliphatic carbocycles. The predicted octanol–water partition coefficient (Wildman–Crippen LogP) is 5.37. The van der Waals surface area contributed by atoms with Crippen molar-refractivity contribution in [3.63, 3.8) is 0 Å². The van der Waals surface area contributed by atoms with Gasteiger partial charge in [-0.25, -0.2) is 4.90 Å². The van der Waals surface area contributed by atoms with Crippen LogP contribution in [0, 0.1) is 0 Å². The van der Waals surface area contributed by atoms with E-state index >= 15 is 0 Å². The number of hydrogen-bond donors (Lipinski definition) is 0. The number of anilines is 2. The Kier molecular flexibility index (Phi) is 6.84. The lowest BCUT2D eigenvalue weighted by Crippen LogP contribution is -2.31. The first-order valence-corrected chi connectivity index (χ1v) is 11.8. The maximum atomic E-state index is 13.6. The summed E-state index contributed by atoms with van der Waals surface area (Å²) in [5.41, 5.74) is 3.79. The highest BCUT2D eigenvalue weighted by molar-refractivity contribution is 8.03. The van der Waals surface area contributed by atoms with Crippen LogP contribution < -0.4 is 14.5 Å². The van der Waals surface area contributed by atoms with Gasteiger partial charge in [-0.2, -0.15) is 0 Å². The number of ether oxygens (including phenoxy) is 1. The molecular formula is C27H26N2O3S. The molecule has 1 aliphatic rings. The number of rotatable bonds is 8. The van der Waals surface area contributed by atoms with E-state index in [1.165, 1.54) is 16.7 Å². The fourth-order valence-corrected chi connectivity index (χ4v) is 4.71. The Hall–Kier alpha value is -3.51. The Labute approximate surface area is 198 Å². The van der Waals surface area contributed by atoms with E-state index in [0.29, 0.717) is 34.1 Å². The van der Waals surface area contributed by atoms with Crippen molar-refractivity contribution in [1.29, 1.82) is 0 Å². The van der Waals surface area contributed by atoms with Gasteiger partial charge in [-0.15, -0.1) is 11.8 Å². The number of amides is 2. The molecule has 0 saturated heterocycles. The van der Waals surface area contributed by atoms with Crippen molar-refractivity contribution in [1.82, 2.24) is 0 Å². The van der Waals surface area contributed by atoms with Gasteiger partial charge in [0.05, 0.1) is 22.8 Å². The first-order chi connectivity index (χ1) is 16.0. The molecular weight excluding hydrogens is 432 g/mol. The molecule has 2 amide bonds. The molecule has 0 atom stereocenters. The third-order valence-corrected chi connectivity index (χ3v) is 6.49. The second-order valence-corrected chi connectivity index (χ2v) is 8.78. The Morgan fingerprint density at radius 1 is 0.848 bits per heavy atom. The fraction of sp³-hybridized carbons (Fsp3) is 0.185. The summed E-state index contributed by atoms with van der Waals surface area (Å²) >= 11 is 1.40. The molecule has 4 rings (SSSR count). The molecule has 33 heavy (non-hydrogen) atoms. The molecule has 0 N–H and O–H groups in total. The third-order valence-electron chi connectivity index (χ3n) is 5.35. The van der Waals surface area contributed by atoms with Gasteiger partial charge in [0.25, 0.3) is 11.8 Å². The van der Waals surface area contributed by atoms with Crippen LogP contribution in [0.15, 0.2) is 83.8 Å². The summed E-state index contributed by atoms with van der Waals surface area (Å²) in [6, 6.07) is 24.7. The molecule has 5 nitrogen and oxygen atoms in total. The first-order valence-electron chi connectivity index (χ1n) is 10.8. The minimum absolute atomic E-state index is 0.289. The lowest BCUT2D eigenvalue weighted by molar-refractivity contribution is -0.119. The highest BCUT2D eigenvalue weighted by Gasteiger charge is 2.40. The van der Waals surface area contributed by atoms with Crippen LogP contribution in [0.25, 0.3) is 5.57 Å². The van der Waals surface area contributed by atoms with Gasteiger partial charge >= 0.3 is 0 Å². The first kappa shape index (κ1) is 22.7. The maximum Gasteiger partial charge on any atom is 0.272 e. The average molecular weight is 459 g/mol. The largest absolute Gasteiger partial charge is 0.494 e. The molecule has 0 spiro atoms. The second-order valence-electron chi connectivity index (χ2n) is 7.79. The third kappa shape index (κ3) is 4.81. The zero-order valence-corrected chi connectivity index (χ0v) is 19.8. The summed E-state index contributed by atoms with van der Waals surface area (Å²) in [6.45, 7) is 2.49. The van der Waals surface area contributed by atoms with Gasteiger partial charge in [0, 0.05) is 25.5 Å². The highest BCUT2D eigenvalue weighted by atomic mass is 32.2. The summed E-state index contributed by atoms with van der Waals surface area (Å²) in [4.78, 5) is 30.8. The lowest BCUT2D eigenvalue weighted by atomic mass is 10.1. The van der Waals surface area contributed by atoms with Gasteiger partial charge in [0.15, 0.2) is 0 Å². The average Bonchev–Trinajstić information content (AvgIpc) is 3.08. The molecule has 1 aliphatic heterocycles. The van der Waals surface area contributed by atoms with E-state index < -0.39 is 0 Å². The minimum Gasteiger partial charge on any atom is -0.494 e. The van der Waals surface area contributed by atoms with Gasteiger partial charge in [-0.1, -0.05) is 42.5 Å². The van der Waals surface area contributed by atoms with Gasteiger partial charge in [-0.05, 0) is 54.4 Å². The Bertz CT molecular complexity index is 1170. The summed E-state index contributed by atoms with van der Waals surface area (Å²) in [6.07, 6.45) is 0. The summed E-state index contributed by atoms with van der Waals surface area (Å²) in [5, 5.41) is 0. The van der Waals surface area contributed by atoms with Crippen molar-refractivity contribution in [3.8, 4) is 5.75 Å². The molecule has 0 aromatic heterocycles. The maximum absolute atomic E-state index is 13.6.